The van der Waals surface area contributed by atoms with Crippen molar-refractivity contribution < 1.29 is 14.0 Å². The first kappa shape index (κ1) is 20.7. The number of nitrogens with zero attached hydrogens (tertiary/aromatic N) is 1. The Morgan fingerprint density at radius 2 is 1.81 bits per heavy atom. The molecule has 4 nitrogen and oxygen atoms in total. The van der Waals surface area contributed by atoms with Crippen molar-refractivity contribution in [1.29, 1.82) is 0 Å². The van der Waals surface area contributed by atoms with Gasteiger partial charge in [-0.25, -0.2) is 4.39 Å². The fraction of sp³-hybridized carbons (Fsp3) is 0.600. The summed E-state index contributed by atoms with van der Waals surface area (Å²) in [5.41, 5.74) is -0.364. The van der Waals surface area contributed by atoms with E-state index in [0.29, 0.717) is 19.6 Å². The third kappa shape index (κ3) is 6.31. The van der Waals surface area contributed by atoms with E-state index in [1.165, 1.54) is 12.1 Å². The molecule has 0 bridgehead atoms. The van der Waals surface area contributed by atoms with Gasteiger partial charge in [0.05, 0.1) is 0 Å². The maximum Gasteiger partial charge on any atom is 0.227 e. The quantitative estimate of drug-likeness (QED) is 0.605. The molecular weight excluding hydrogens is 351 g/mol. The van der Waals surface area contributed by atoms with Crippen LogP contribution in [0.4, 0.5) is 4.39 Å². The molecule has 0 radical (unpaired) electrons. The molecule has 1 N–H and O–H groups in total. The Bertz CT molecular complexity index is 605. The van der Waals surface area contributed by atoms with Crippen LogP contribution in [0, 0.1) is 17.2 Å². The van der Waals surface area contributed by atoms with Crippen LogP contribution in [0.5, 0.6) is 0 Å². The molecule has 1 aromatic carbocycles. The second kappa shape index (κ2) is 9.40. The Labute approximate surface area is 159 Å². The molecule has 2 amide bonds. The molecule has 1 aliphatic rings. The molecule has 0 saturated carbocycles. The van der Waals surface area contributed by atoms with Crippen molar-refractivity contribution in [3.05, 3.63) is 30.1 Å². The SMILES string of the molecule is CC(C)(C)C(=O)N1CCC(C(=O)NCCCSc2ccc(F)cc2)CC1. The minimum atomic E-state index is -0.364. The van der Waals surface area contributed by atoms with E-state index in [2.05, 4.69) is 5.32 Å². The highest BCUT2D eigenvalue weighted by Crippen LogP contribution is 2.24. The summed E-state index contributed by atoms with van der Waals surface area (Å²) in [5.74, 6) is 0.916. The van der Waals surface area contributed by atoms with Gasteiger partial charge in [0.1, 0.15) is 5.82 Å². The second-order valence-corrected chi connectivity index (χ2v) is 8.93. The fourth-order valence-electron chi connectivity index (χ4n) is 2.97. The molecule has 26 heavy (non-hydrogen) atoms. The molecule has 0 aromatic heterocycles. The lowest BCUT2D eigenvalue weighted by Crippen LogP contribution is -2.46. The standard InChI is InChI=1S/C20H29FN2O2S/c1-20(2,3)19(25)23-12-9-15(10-13-23)18(24)22-11-4-14-26-17-7-5-16(21)6-8-17/h5-8,15H,4,9-14H2,1-3H3,(H,22,24). The van der Waals surface area contributed by atoms with E-state index in [1.54, 1.807) is 23.9 Å². The van der Waals surface area contributed by atoms with Crippen LogP contribution in [0.25, 0.3) is 0 Å². The number of rotatable bonds is 6. The largest absolute Gasteiger partial charge is 0.356 e. The summed E-state index contributed by atoms with van der Waals surface area (Å²) < 4.78 is 12.8. The average Bonchev–Trinajstić information content (AvgIpc) is 2.61. The molecule has 0 spiro atoms. The summed E-state index contributed by atoms with van der Waals surface area (Å²) in [7, 11) is 0. The van der Waals surface area contributed by atoms with Crippen LogP contribution in [0.3, 0.4) is 0 Å². The number of thioether (sulfide) groups is 1. The van der Waals surface area contributed by atoms with E-state index in [-0.39, 0.29) is 29.0 Å². The average molecular weight is 381 g/mol. The summed E-state index contributed by atoms with van der Waals surface area (Å²) in [6, 6.07) is 6.46. The molecule has 0 atom stereocenters. The smallest absolute Gasteiger partial charge is 0.227 e. The lowest BCUT2D eigenvalue weighted by Gasteiger charge is -2.35. The number of benzene rings is 1. The van der Waals surface area contributed by atoms with Gasteiger partial charge in [-0.05, 0) is 49.3 Å². The van der Waals surface area contributed by atoms with E-state index < -0.39 is 0 Å². The molecule has 1 aliphatic heterocycles. The van der Waals surface area contributed by atoms with Crippen molar-refractivity contribution in [3.8, 4) is 0 Å². The van der Waals surface area contributed by atoms with Crippen LogP contribution < -0.4 is 5.32 Å². The van der Waals surface area contributed by atoms with Gasteiger partial charge >= 0.3 is 0 Å². The van der Waals surface area contributed by atoms with Gasteiger partial charge in [-0.3, -0.25) is 9.59 Å². The van der Waals surface area contributed by atoms with Crippen molar-refractivity contribution in [2.45, 2.75) is 44.9 Å². The Balaban J connectivity index is 1.62. The molecule has 0 aliphatic carbocycles. The van der Waals surface area contributed by atoms with E-state index in [1.807, 2.05) is 25.7 Å². The monoisotopic (exact) mass is 380 g/mol. The number of carbonyl (C=O) groups is 2. The normalized spacial score (nSPS) is 15.8. The van der Waals surface area contributed by atoms with Crippen LogP contribution in [0.1, 0.15) is 40.0 Å². The first-order chi connectivity index (χ1) is 12.3. The number of nitrogens with one attached hydrogen (secondary N) is 1. The predicted molar refractivity (Wildman–Crippen MR) is 104 cm³/mol. The summed E-state index contributed by atoms with van der Waals surface area (Å²) in [6.07, 6.45) is 2.34. The van der Waals surface area contributed by atoms with E-state index in [0.717, 1.165) is 29.9 Å². The summed E-state index contributed by atoms with van der Waals surface area (Å²) in [5, 5.41) is 3.01. The van der Waals surface area contributed by atoms with Gasteiger partial charge in [-0.15, -0.1) is 11.8 Å². The topological polar surface area (TPSA) is 49.4 Å². The zero-order valence-corrected chi connectivity index (χ0v) is 16.7. The second-order valence-electron chi connectivity index (χ2n) is 7.76. The van der Waals surface area contributed by atoms with Crippen LogP contribution in [-0.4, -0.2) is 42.1 Å². The van der Waals surface area contributed by atoms with Gasteiger partial charge in [-0.2, -0.15) is 0 Å². The highest BCUT2D eigenvalue weighted by molar-refractivity contribution is 7.99. The van der Waals surface area contributed by atoms with Crippen molar-refractivity contribution in [2.75, 3.05) is 25.4 Å². The number of piperidine rings is 1. The molecule has 1 heterocycles. The Hall–Kier alpha value is -1.56. The third-order valence-corrected chi connectivity index (χ3v) is 5.60. The zero-order valence-electron chi connectivity index (χ0n) is 15.9. The van der Waals surface area contributed by atoms with Crippen molar-refractivity contribution in [2.24, 2.45) is 11.3 Å². The maximum absolute atomic E-state index is 12.8. The molecule has 6 heteroatoms. The van der Waals surface area contributed by atoms with Gasteiger partial charge in [0.25, 0.3) is 0 Å². The number of hydrogen-bond donors (Lipinski definition) is 1. The number of halogens is 1. The minimum Gasteiger partial charge on any atom is -0.356 e. The minimum absolute atomic E-state index is 0.00349. The number of hydrogen-bond acceptors (Lipinski definition) is 3. The first-order valence-electron chi connectivity index (χ1n) is 9.23. The van der Waals surface area contributed by atoms with Crippen molar-refractivity contribution >= 4 is 23.6 Å². The van der Waals surface area contributed by atoms with Crippen molar-refractivity contribution in [3.63, 3.8) is 0 Å². The molecule has 0 unspecified atom stereocenters. The van der Waals surface area contributed by atoms with Crippen LogP contribution in [0.15, 0.2) is 29.2 Å². The molecular formula is C20H29FN2O2S. The summed E-state index contributed by atoms with van der Waals surface area (Å²) in [4.78, 5) is 27.5. The predicted octanol–water partition coefficient (Wildman–Crippen LogP) is 3.71. The van der Waals surface area contributed by atoms with E-state index in [4.69, 9.17) is 0 Å². The summed E-state index contributed by atoms with van der Waals surface area (Å²) in [6.45, 7) is 7.76. The van der Waals surface area contributed by atoms with Gasteiger partial charge in [0.2, 0.25) is 11.8 Å². The maximum atomic E-state index is 12.8. The molecule has 1 saturated heterocycles. The Morgan fingerprint density at radius 3 is 2.38 bits per heavy atom. The van der Waals surface area contributed by atoms with Gasteiger partial charge in [0.15, 0.2) is 0 Å². The molecule has 144 valence electrons. The van der Waals surface area contributed by atoms with Crippen LogP contribution in [-0.2, 0) is 9.59 Å². The lowest BCUT2D eigenvalue weighted by atomic mass is 9.90. The molecule has 1 aromatic rings. The molecule has 2 rings (SSSR count). The van der Waals surface area contributed by atoms with Crippen LogP contribution in [0.2, 0.25) is 0 Å². The number of carbonyl (C=O) groups excluding carboxylic acids is 2. The number of likely N-dealkylation sites (tertiary alicyclic amines) is 1. The molecule has 1 fully saturated rings. The van der Waals surface area contributed by atoms with Gasteiger partial charge in [0, 0.05) is 35.9 Å². The zero-order chi connectivity index (χ0) is 19.2. The lowest BCUT2D eigenvalue weighted by molar-refractivity contribution is -0.142. The van der Waals surface area contributed by atoms with Crippen LogP contribution >= 0.6 is 11.8 Å². The summed E-state index contributed by atoms with van der Waals surface area (Å²) >= 11 is 1.66. The van der Waals surface area contributed by atoms with E-state index >= 15 is 0 Å². The highest BCUT2D eigenvalue weighted by atomic mass is 32.2. The third-order valence-electron chi connectivity index (χ3n) is 4.50. The van der Waals surface area contributed by atoms with Crippen molar-refractivity contribution in [1.82, 2.24) is 10.2 Å². The Kier molecular flexibility index (Phi) is 7.50. The fourth-order valence-corrected chi connectivity index (χ4v) is 3.82. The van der Waals surface area contributed by atoms with Gasteiger partial charge < -0.3 is 10.2 Å². The van der Waals surface area contributed by atoms with Gasteiger partial charge in [-0.1, -0.05) is 20.8 Å². The number of amides is 2. The van der Waals surface area contributed by atoms with E-state index in [9.17, 15) is 14.0 Å². The highest BCUT2D eigenvalue weighted by Gasteiger charge is 2.32. The Morgan fingerprint density at radius 1 is 1.19 bits per heavy atom. The first-order valence-corrected chi connectivity index (χ1v) is 10.2.